The molecular weight excluding hydrogens is 439 g/mol. The first-order valence-electron chi connectivity index (χ1n) is 9.70. The van der Waals surface area contributed by atoms with E-state index in [1.54, 1.807) is 5.32 Å². The summed E-state index contributed by atoms with van der Waals surface area (Å²) in [5.74, 6) is -2.21. The number of carbonyl (C=O) groups is 1. The molecule has 1 saturated heterocycles. The number of nitrogens with one attached hydrogen (secondary N) is 2. The Balaban J connectivity index is 2.13. The van der Waals surface area contributed by atoms with Gasteiger partial charge in [-0.15, -0.1) is 0 Å². The second kappa shape index (κ2) is 8.88. The molecule has 0 radical (unpaired) electrons. The Morgan fingerprint density at radius 1 is 1.35 bits per heavy atom. The third-order valence-corrected chi connectivity index (χ3v) is 10.2. The van der Waals surface area contributed by atoms with Gasteiger partial charge in [0.25, 0.3) is 5.56 Å². The fourth-order valence-corrected chi connectivity index (χ4v) is 3.70. The molecule has 13 heteroatoms. The molecule has 0 bridgehead atoms. The predicted octanol–water partition coefficient (Wildman–Crippen LogP) is 1.39. The van der Waals surface area contributed by atoms with Crippen molar-refractivity contribution in [1.82, 2.24) is 14.9 Å². The van der Waals surface area contributed by atoms with Crippen molar-refractivity contribution in [1.29, 1.82) is 0 Å². The number of carbonyl (C=O) groups excluding carboxylic acids is 1. The highest BCUT2D eigenvalue weighted by Crippen LogP contribution is 2.37. The van der Waals surface area contributed by atoms with Crippen molar-refractivity contribution in [2.75, 3.05) is 6.61 Å². The number of hydrogen-bond acceptors (Lipinski definition) is 6. The number of aromatic amines is 1. The summed E-state index contributed by atoms with van der Waals surface area (Å²) in [7, 11) is -2.11. The first kappa shape index (κ1) is 25.3. The molecule has 3 unspecified atom stereocenters. The number of rotatable bonds is 6. The SMILES string of the molecule is CC(C)(C)[Si](C)(C)OCC1OC(n2cc(CNC(=O)C(F)(F)F)c(=O)[nH]c2=O)CC1O. The normalized spacial score (nSPS) is 22.5. The molecule has 176 valence electrons. The van der Waals surface area contributed by atoms with Crippen LogP contribution < -0.4 is 16.6 Å². The highest BCUT2D eigenvalue weighted by atomic mass is 28.4. The van der Waals surface area contributed by atoms with Gasteiger partial charge in [-0.3, -0.25) is 19.1 Å². The Morgan fingerprint density at radius 3 is 2.52 bits per heavy atom. The zero-order valence-corrected chi connectivity index (χ0v) is 19.0. The molecule has 1 fully saturated rings. The fourth-order valence-electron chi connectivity index (χ4n) is 2.69. The van der Waals surface area contributed by atoms with Crippen LogP contribution in [0.2, 0.25) is 18.1 Å². The molecule has 9 nitrogen and oxygen atoms in total. The van der Waals surface area contributed by atoms with Gasteiger partial charge in [0.2, 0.25) is 0 Å². The summed E-state index contributed by atoms with van der Waals surface area (Å²) in [6.07, 6.45) is -6.67. The van der Waals surface area contributed by atoms with Gasteiger partial charge in [0.15, 0.2) is 8.32 Å². The van der Waals surface area contributed by atoms with Crippen molar-refractivity contribution in [2.45, 2.75) is 76.5 Å². The van der Waals surface area contributed by atoms with Crippen LogP contribution in [0.25, 0.3) is 0 Å². The molecule has 3 atom stereocenters. The number of aliphatic hydroxyl groups is 1. The van der Waals surface area contributed by atoms with E-state index in [9.17, 15) is 32.7 Å². The summed E-state index contributed by atoms with van der Waals surface area (Å²) in [5.41, 5.74) is -2.05. The van der Waals surface area contributed by atoms with Crippen LogP contribution >= 0.6 is 0 Å². The predicted molar refractivity (Wildman–Crippen MR) is 107 cm³/mol. The first-order valence-corrected chi connectivity index (χ1v) is 12.6. The van der Waals surface area contributed by atoms with Crippen LogP contribution in [0, 0.1) is 0 Å². The minimum Gasteiger partial charge on any atom is -0.414 e. The van der Waals surface area contributed by atoms with Gasteiger partial charge in [0.1, 0.15) is 12.3 Å². The van der Waals surface area contributed by atoms with Crippen LogP contribution in [0.1, 0.15) is 39.0 Å². The van der Waals surface area contributed by atoms with Crippen LogP contribution in [0.5, 0.6) is 0 Å². The minimum absolute atomic E-state index is 0.0197. The number of aliphatic hydroxyl groups excluding tert-OH is 1. The number of alkyl halides is 3. The van der Waals surface area contributed by atoms with Gasteiger partial charge in [-0.2, -0.15) is 13.2 Å². The molecule has 0 aliphatic carbocycles. The summed E-state index contributed by atoms with van der Waals surface area (Å²) in [6.45, 7) is 9.65. The Labute approximate surface area is 177 Å². The van der Waals surface area contributed by atoms with Gasteiger partial charge < -0.3 is 19.6 Å². The van der Waals surface area contributed by atoms with E-state index < -0.39 is 56.6 Å². The van der Waals surface area contributed by atoms with Crippen molar-refractivity contribution in [3.05, 3.63) is 32.6 Å². The lowest BCUT2D eigenvalue weighted by molar-refractivity contribution is -0.173. The molecule has 0 aromatic carbocycles. The van der Waals surface area contributed by atoms with E-state index in [0.29, 0.717) is 0 Å². The summed E-state index contributed by atoms with van der Waals surface area (Å²) in [4.78, 5) is 37.1. The smallest absolute Gasteiger partial charge is 0.414 e. The number of amides is 1. The van der Waals surface area contributed by atoms with Crippen molar-refractivity contribution in [3.63, 3.8) is 0 Å². The molecule has 1 aliphatic heterocycles. The Kier molecular flexibility index (Phi) is 7.25. The van der Waals surface area contributed by atoms with Crippen LogP contribution in [0.15, 0.2) is 15.8 Å². The molecule has 1 aromatic rings. The molecular formula is C18H28F3N3O6Si. The third-order valence-electron chi connectivity index (χ3n) is 5.67. The van der Waals surface area contributed by atoms with Crippen molar-refractivity contribution < 1.29 is 32.2 Å². The fraction of sp³-hybridized carbons (Fsp3) is 0.722. The highest BCUT2D eigenvalue weighted by Gasteiger charge is 2.41. The van der Waals surface area contributed by atoms with E-state index >= 15 is 0 Å². The Morgan fingerprint density at radius 2 is 1.97 bits per heavy atom. The van der Waals surface area contributed by atoms with Gasteiger partial charge in [-0.1, -0.05) is 20.8 Å². The van der Waals surface area contributed by atoms with Gasteiger partial charge in [0.05, 0.1) is 18.3 Å². The van der Waals surface area contributed by atoms with Gasteiger partial charge in [0, 0.05) is 19.2 Å². The summed E-state index contributed by atoms with van der Waals surface area (Å²) in [5, 5.41) is 11.9. The van der Waals surface area contributed by atoms with Crippen LogP contribution in [0.4, 0.5) is 13.2 Å². The molecule has 2 rings (SSSR count). The second-order valence-corrected chi connectivity index (χ2v) is 13.8. The molecule has 2 heterocycles. The van der Waals surface area contributed by atoms with Crippen LogP contribution in [-0.2, 0) is 20.5 Å². The maximum Gasteiger partial charge on any atom is 0.471 e. The van der Waals surface area contributed by atoms with Crippen LogP contribution in [0.3, 0.4) is 0 Å². The van der Waals surface area contributed by atoms with E-state index in [1.165, 1.54) is 0 Å². The number of ether oxygens (including phenoxy) is 1. The zero-order chi connectivity index (χ0) is 23.8. The average Bonchev–Trinajstić information content (AvgIpc) is 2.97. The molecule has 0 saturated carbocycles. The Bertz CT molecular complexity index is 922. The lowest BCUT2D eigenvalue weighted by Gasteiger charge is -2.37. The molecule has 31 heavy (non-hydrogen) atoms. The zero-order valence-electron chi connectivity index (χ0n) is 18.0. The number of H-pyrrole nitrogens is 1. The van der Waals surface area contributed by atoms with E-state index in [2.05, 4.69) is 20.8 Å². The first-order chi connectivity index (χ1) is 14.0. The molecule has 3 N–H and O–H groups in total. The maximum atomic E-state index is 12.3. The molecule has 1 amide bonds. The monoisotopic (exact) mass is 467 g/mol. The van der Waals surface area contributed by atoms with Crippen molar-refractivity contribution in [2.24, 2.45) is 0 Å². The molecule has 0 spiro atoms. The second-order valence-electron chi connectivity index (χ2n) is 9.00. The molecule has 1 aromatic heterocycles. The lowest BCUT2D eigenvalue weighted by Crippen LogP contribution is -2.44. The highest BCUT2D eigenvalue weighted by molar-refractivity contribution is 6.74. The number of nitrogens with zero attached hydrogens (tertiary/aromatic N) is 1. The molecule has 1 aliphatic rings. The van der Waals surface area contributed by atoms with Gasteiger partial charge >= 0.3 is 17.8 Å². The summed E-state index contributed by atoms with van der Waals surface area (Å²) < 4.78 is 49.8. The third kappa shape index (κ3) is 6.05. The van der Waals surface area contributed by atoms with Gasteiger partial charge in [-0.05, 0) is 18.1 Å². The summed E-state index contributed by atoms with van der Waals surface area (Å²) >= 11 is 0. The standard InChI is InChI=1S/C18H28F3N3O6Si/c1-17(2,3)31(4,5)29-9-12-11(25)6-13(30-12)24-8-10(14(26)23-16(24)28)7-22-15(27)18(19,20)21/h8,11-13,25H,6-7,9H2,1-5H3,(H,22,27)(H,23,26,28). The van der Waals surface area contributed by atoms with E-state index in [-0.39, 0.29) is 23.6 Å². The lowest BCUT2D eigenvalue weighted by atomic mass is 10.2. The van der Waals surface area contributed by atoms with E-state index in [0.717, 1.165) is 10.8 Å². The van der Waals surface area contributed by atoms with E-state index in [4.69, 9.17) is 9.16 Å². The quantitative estimate of drug-likeness (QED) is 0.544. The largest absolute Gasteiger partial charge is 0.471 e. The maximum absolute atomic E-state index is 12.3. The topological polar surface area (TPSA) is 123 Å². The van der Waals surface area contributed by atoms with Crippen LogP contribution in [-0.4, -0.2) is 53.9 Å². The van der Waals surface area contributed by atoms with Crippen molar-refractivity contribution >= 4 is 14.2 Å². The summed E-state index contributed by atoms with van der Waals surface area (Å²) in [6, 6.07) is 0. The average molecular weight is 468 g/mol. The Hall–Kier alpha value is -1.96. The van der Waals surface area contributed by atoms with Crippen molar-refractivity contribution in [3.8, 4) is 0 Å². The number of halogens is 3. The van der Waals surface area contributed by atoms with E-state index in [1.807, 2.05) is 18.1 Å². The minimum atomic E-state index is -5.10. The number of aromatic nitrogens is 2. The number of hydrogen-bond donors (Lipinski definition) is 3. The van der Waals surface area contributed by atoms with Gasteiger partial charge in [-0.25, -0.2) is 4.79 Å².